The molecule has 1 saturated carbocycles. The van der Waals surface area contributed by atoms with Crippen LogP contribution in [0.5, 0.6) is 0 Å². The molecule has 11 heteroatoms. The van der Waals surface area contributed by atoms with Gasteiger partial charge in [0.1, 0.15) is 12.1 Å². The predicted octanol–water partition coefficient (Wildman–Crippen LogP) is 3.64. The molecule has 2 aliphatic rings. The molecule has 0 bridgehead atoms. The third-order valence-electron chi connectivity index (χ3n) is 6.58. The Kier molecular flexibility index (Phi) is 7.36. The molecule has 1 aliphatic heterocycles. The number of anilines is 1. The van der Waals surface area contributed by atoms with Gasteiger partial charge in [0.05, 0.1) is 5.69 Å². The first-order valence-corrected chi connectivity index (χ1v) is 13.3. The van der Waals surface area contributed by atoms with Crippen LogP contribution in [0.25, 0.3) is 11.3 Å². The Labute approximate surface area is 223 Å². The van der Waals surface area contributed by atoms with Crippen molar-refractivity contribution >= 4 is 40.3 Å². The first kappa shape index (κ1) is 25.4. The Bertz CT molecular complexity index is 1340. The van der Waals surface area contributed by atoms with Crippen molar-refractivity contribution in [3.05, 3.63) is 71.1 Å². The normalized spacial score (nSPS) is 17.5. The maximum atomic E-state index is 13.4. The van der Waals surface area contributed by atoms with Crippen LogP contribution in [0.3, 0.4) is 0 Å². The second-order valence-corrected chi connectivity index (χ2v) is 10.2. The van der Waals surface area contributed by atoms with Crippen molar-refractivity contribution in [3.8, 4) is 11.3 Å². The highest BCUT2D eigenvalue weighted by molar-refractivity contribution is 7.14. The number of aromatic nitrogens is 1. The van der Waals surface area contributed by atoms with Crippen molar-refractivity contribution in [1.82, 2.24) is 20.5 Å². The standard InChI is InChI=1S/C27H27N5O5S/c33-23(28-19-12-13-19)18-10-8-16(9-11-18)20-15-38-26(29-20)31-24(34)21-7-4-14-32(21)25(35)22(30-27(36)37)17-5-2-1-3-6-17/h1-3,5-6,8-11,15,19,21-22,30H,4,7,12-14H2,(H,28,33)(H,36,37)(H,29,31,34)/t21-,22+/m0/s1. The van der Waals surface area contributed by atoms with E-state index in [9.17, 15) is 24.3 Å². The van der Waals surface area contributed by atoms with Crippen molar-refractivity contribution in [2.75, 3.05) is 11.9 Å². The lowest BCUT2D eigenvalue weighted by molar-refractivity contribution is -0.138. The molecule has 38 heavy (non-hydrogen) atoms. The molecule has 0 unspecified atom stereocenters. The van der Waals surface area contributed by atoms with Gasteiger partial charge in [0.2, 0.25) is 5.91 Å². The molecular weight excluding hydrogens is 506 g/mol. The summed E-state index contributed by atoms with van der Waals surface area (Å²) in [6.07, 6.45) is 1.82. The summed E-state index contributed by atoms with van der Waals surface area (Å²) in [5.74, 6) is -0.929. The van der Waals surface area contributed by atoms with Crippen molar-refractivity contribution < 1.29 is 24.3 Å². The lowest BCUT2D eigenvalue weighted by Crippen LogP contribution is -2.48. The molecule has 3 aromatic rings. The van der Waals surface area contributed by atoms with Crippen LogP contribution in [0, 0.1) is 0 Å². The summed E-state index contributed by atoms with van der Waals surface area (Å²) < 4.78 is 0. The van der Waals surface area contributed by atoms with E-state index in [4.69, 9.17) is 0 Å². The van der Waals surface area contributed by atoms with E-state index in [1.807, 2.05) is 17.5 Å². The SMILES string of the molecule is O=C(O)N[C@@H](C(=O)N1CCC[C@H]1C(=O)Nc1nc(-c2ccc(C(=O)NC3CC3)cc2)cs1)c1ccccc1. The summed E-state index contributed by atoms with van der Waals surface area (Å²) in [4.78, 5) is 56.0. The monoisotopic (exact) mass is 533 g/mol. The topological polar surface area (TPSA) is 141 Å². The molecule has 4 N–H and O–H groups in total. The summed E-state index contributed by atoms with van der Waals surface area (Å²) in [6, 6.07) is 14.2. The third kappa shape index (κ3) is 5.83. The number of nitrogens with zero attached hydrogens (tertiary/aromatic N) is 2. The Morgan fingerprint density at radius 1 is 1.00 bits per heavy atom. The molecule has 2 fully saturated rings. The minimum absolute atomic E-state index is 0.0889. The molecule has 196 valence electrons. The summed E-state index contributed by atoms with van der Waals surface area (Å²) in [7, 11) is 0. The molecule has 10 nitrogen and oxygen atoms in total. The fourth-order valence-corrected chi connectivity index (χ4v) is 5.19. The van der Waals surface area contributed by atoms with Crippen LogP contribution >= 0.6 is 11.3 Å². The Hall–Kier alpha value is -4.25. The van der Waals surface area contributed by atoms with Crippen molar-refractivity contribution in [3.63, 3.8) is 0 Å². The molecule has 0 radical (unpaired) electrons. The number of rotatable bonds is 8. The van der Waals surface area contributed by atoms with Gasteiger partial charge >= 0.3 is 6.09 Å². The summed E-state index contributed by atoms with van der Waals surface area (Å²) in [5, 5.41) is 19.6. The van der Waals surface area contributed by atoms with Crippen LogP contribution in [-0.2, 0) is 9.59 Å². The van der Waals surface area contributed by atoms with Crippen molar-refractivity contribution in [1.29, 1.82) is 0 Å². The zero-order valence-corrected chi connectivity index (χ0v) is 21.2. The second kappa shape index (κ2) is 11.0. The Morgan fingerprint density at radius 3 is 2.42 bits per heavy atom. The zero-order chi connectivity index (χ0) is 26.6. The van der Waals surface area contributed by atoms with Gasteiger partial charge in [-0.05, 0) is 43.4 Å². The molecule has 1 saturated heterocycles. The van der Waals surface area contributed by atoms with E-state index in [1.54, 1.807) is 42.5 Å². The minimum Gasteiger partial charge on any atom is -0.465 e. The van der Waals surface area contributed by atoms with E-state index in [2.05, 4.69) is 20.9 Å². The number of likely N-dealkylation sites (tertiary alicyclic amines) is 1. The maximum absolute atomic E-state index is 13.4. The van der Waals surface area contributed by atoms with Crippen LogP contribution in [0.2, 0.25) is 0 Å². The number of hydrogen-bond acceptors (Lipinski definition) is 6. The van der Waals surface area contributed by atoms with E-state index in [0.29, 0.717) is 41.3 Å². The van der Waals surface area contributed by atoms with Crippen molar-refractivity contribution in [2.45, 2.75) is 43.8 Å². The molecule has 2 heterocycles. The number of carboxylic acid groups (broad SMARTS) is 1. The summed E-state index contributed by atoms with van der Waals surface area (Å²) >= 11 is 1.26. The highest BCUT2D eigenvalue weighted by Crippen LogP contribution is 2.28. The van der Waals surface area contributed by atoms with Gasteiger partial charge in [-0.2, -0.15) is 0 Å². The van der Waals surface area contributed by atoms with E-state index < -0.39 is 24.1 Å². The van der Waals surface area contributed by atoms with Gasteiger partial charge in [-0.1, -0.05) is 42.5 Å². The van der Waals surface area contributed by atoms with Gasteiger partial charge < -0.3 is 26.0 Å². The maximum Gasteiger partial charge on any atom is 0.405 e. The van der Waals surface area contributed by atoms with E-state index >= 15 is 0 Å². The number of thiazole rings is 1. The molecule has 1 aliphatic carbocycles. The van der Waals surface area contributed by atoms with Gasteiger partial charge in [0.25, 0.3) is 11.8 Å². The quantitative estimate of drug-likeness (QED) is 0.348. The predicted molar refractivity (Wildman–Crippen MR) is 142 cm³/mol. The highest BCUT2D eigenvalue weighted by atomic mass is 32.1. The van der Waals surface area contributed by atoms with E-state index in [0.717, 1.165) is 18.4 Å². The number of benzene rings is 2. The number of carbonyl (C=O) groups excluding carboxylic acids is 3. The van der Waals surface area contributed by atoms with Crippen LogP contribution in [0.1, 0.15) is 47.6 Å². The minimum atomic E-state index is -1.32. The highest BCUT2D eigenvalue weighted by Gasteiger charge is 2.38. The fourth-order valence-electron chi connectivity index (χ4n) is 4.47. The van der Waals surface area contributed by atoms with Crippen LogP contribution < -0.4 is 16.0 Å². The van der Waals surface area contributed by atoms with Crippen LogP contribution in [0.4, 0.5) is 9.93 Å². The molecule has 5 rings (SSSR count). The molecular formula is C27H27N5O5S. The average molecular weight is 534 g/mol. The first-order valence-electron chi connectivity index (χ1n) is 12.4. The molecule has 1 aromatic heterocycles. The number of nitrogens with one attached hydrogen (secondary N) is 3. The Morgan fingerprint density at radius 2 is 1.74 bits per heavy atom. The Balaban J connectivity index is 1.24. The summed E-state index contributed by atoms with van der Waals surface area (Å²) in [6.45, 7) is 0.353. The smallest absolute Gasteiger partial charge is 0.405 e. The van der Waals surface area contributed by atoms with Gasteiger partial charge in [0, 0.05) is 29.1 Å². The second-order valence-electron chi connectivity index (χ2n) is 9.34. The lowest BCUT2D eigenvalue weighted by Gasteiger charge is -2.28. The first-order chi connectivity index (χ1) is 18.4. The summed E-state index contributed by atoms with van der Waals surface area (Å²) in [5.41, 5.74) is 2.56. The number of carbonyl (C=O) groups is 4. The number of amides is 4. The van der Waals surface area contributed by atoms with Gasteiger partial charge in [0.15, 0.2) is 5.13 Å². The van der Waals surface area contributed by atoms with Crippen molar-refractivity contribution in [2.24, 2.45) is 0 Å². The molecule has 2 aromatic carbocycles. The third-order valence-corrected chi connectivity index (χ3v) is 7.33. The lowest BCUT2D eigenvalue weighted by atomic mass is 10.1. The average Bonchev–Trinajstić information content (AvgIpc) is 3.38. The molecule has 0 spiro atoms. The molecule has 2 atom stereocenters. The van der Waals surface area contributed by atoms with Gasteiger partial charge in [-0.25, -0.2) is 9.78 Å². The fraction of sp³-hybridized carbons (Fsp3) is 0.296. The molecule has 4 amide bonds. The largest absolute Gasteiger partial charge is 0.465 e. The van der Waals surface area contributed by atoms with E-state index in [-0.39, 0.29) is 17.9 Å². The van der Waals surface area contributed by atoms with Crippen LogP contribution in [-0.4, -0.2) is 57.4 Å². The van der Waals surface area contributed by atoms with E-state index in [1.165, 1.54) is 16.2 Å². The zero-order valence-electron chi connectivity index (χ0n) is 20.4. The number of hydrogen-bond donors (Lipinski definition) is 4. The van der Waals surface area contributed by atoms with Gasteiger partial charge in [-0.3, -0.25) is 14.4 Å². The van der Waals surface area contributed by atoms with Crippen LogP contribution in [0.15, 0.2) is 60.0 Å². The van der Waals surface area contributed by atoms with Gasteiger partial charge in [-0.15, -0.1) is 11.3 Å².